The van der Waals surface area contributed by atoms with Crippen molar-refractivity contribution in [2.75, 3.05) is 12.3 Å². The third-order valence-electron chi connectivity index (χ3n) is 2.64. The number of nitrogens with one attached hydrogen (secondary N) is 1. The highest BCUT2D eigenvalue weighted by Crippen LogP contribution is 2.07. The van der Waals surface area contributed by atoms with E-state index < -0.39 is 0 Å². The third kappa shape index (κ3) is 5.38. The van der Waals surface area contributed by atoms with Crippen molar-refractivity contribution in [1.29, 1.82) is 0 Å². The van der Waals surface area contributed by atoms with Gasteiger partial charge in [-0.2, -0.15) is 0 Å². The fourth-order valence-electron chi connectivity index (χ4n) is 1.66. The number of rotatable bonds is 6. The predicted octanol–water partition coefficient (Wildman–Crippen LogP) is 2.82. The molecule has 0 saturated heterocycles. The van der Waals surface area contributed by atoms with Crippen molar-refractivity contribution in [2.45, 2.75) is 33.1 Å². The van der Waals surface area contributed by atoms with Gasteiger partial charge in [0.1, 0.15) is 0 Å². The quantitative estimate of drug-likeness (QED) is 0.587. The Morgan fingerprint density at radius 1 is 1.35 bits per heavy atom. The average molecular weight is 234 g/mol. The molecule has 0 radical (unpaired) electrons. The van der Waals surface area contributed by atoms with Crippen LogP contribution in [-0.2, 0) is 0 Å². The summed E-state index contributed by atoms with van der Waals surface area (Å²) in [5, 5.41) is 2.91. The smallest absolute Gasteiger partial charge is 0.251 e. The zero-order valence-corrected chi connectivity index (χ0v) is 10.7. The summed E-state index contributed by atoms with van der Waals surface area (Å²) in [6, 6.07) is 7.05. The van der Waals surface area contributed by atoms with E-state index in [1.165, 1.54) is 6.42 Å². The summed E-state index contributed by atoms with van der Waals surface area (Å²) in [6.07, 6.45) is 3.41. The molecule has 1 amide bonds. The average Bonchev–Trinajstić information content (AvgIpc) is 2.28. The molecule has 1 rings (SSSR count). The van der Waals surface area contributed by atoms with Crippen LogP contribution in [-0.4, -0.2) is 12.5 Å². The van der Waals surface area contributed by atoms with Crippen LogP contribution in [0.3, 0.4) is 0 Å². The maximum Gasteiger partial charge on any atom is 0.251 e. The van der Waals surface area contributed by atoms with Crippen LogP contribution in [0.5, 0.6) is 0 Å². The van der Waals surface area contributed by atoms with Gasteiger partial charge in [0, 0.05) is 17.8 Å². The molecule has 3 N–H and O–H groups in total. The van der Waals surface area contributed by atoms with Crippen LogP contribution < -0.4 is 11.1 Å². The van der Waals surface area contributed by atoms with Gasteiger partial charge in [0.2, 0.25) is 0 Å². The van der Waals surface area contributed by atoms with E-state index in [0.717, 1.165) is 25.3 Å². The third-order valence-corrected chi connectivity index (χ3v) is 2.64. The molecule has 0 spiro atoms. The van der Waals surface area contributed by atoms with Gasteiger partial charge in [-0.3, -0.25) is 4.79 Å². The molecule has 0 atom stereocenters. The van der Waals surface area contributed by atoms with E-state index in [4.69, 9.17) is 5.73 Å². The molecule has 0 unspecified atom stereocenters. The Bertz CT molecular complexity index is 361. The van der Waals surface area contributed by atoms with E-state index in [1.807, 2.05) is 0 Å². The van der Waals surface area contributed by atoms with Gasteiger partial charge >= 0.3 is 0 Å². The predicted molar refractivity (Wildman–Crippen MR) is 71.9 cm³/mol. The molecule has 0 aromatic heterocycles. The number of carbonyl (C=O) groups is 1. The highest BCUT2D eigenvalue weighted by Gasteiger charge is 2.04. The lowest BCUT2D eigenvalue weighted by molar-refractivity contribution is 0.0953. The summed E-state index contributed by atoms with van der Waals surface area (Å²) in [5.74, 6) is 0.696. The number of hydrogen-bond donors (Lipinski definition) is 2. The van der Waals surface area contributed by atoms with Crippen molar-refractivity contribution in [3.05, 3.63) is 29.8 Å². The second-order valence-electron chi connectivity index (χ2n) is 4.77. The first-order chi connectivity index (χ1) is 8.09. The molecule has 3 nitrogen and oxygen atoms in total. The first-order valence-corrected chi connectivity index (χ1v) is 6.23. The fourth-order valence-corrected chi connectivity index (χ4v) is 1.66. The highest BCUT2D eigenvalue weighted by atomic mass is 16.1. The Kier molecular flexibility index (Phi) is 5.53. The van der Waals surface area contributed by atoms with Gasteiger partial charge < -0.3 is 11.1 Å². The first kappa shape index (κ1) is 13.6. The number of hydrogen-bond acceptors (Lipinski definition) is 2. The number of anilines is 1. The largest absolute Gasteiger partial charge is 0.399 e. The fraction of sp³-hybridized carbons (Fsp3) is 0.500. The molecular formula is C14H22N2O. The normalized spacial score (nSPS) is 10.5. The lowest BCUT2D eigenvalue weighted by Crippen LogP contribution is -2.24. The van der Waals surface area contributed by atoms with Crippen LogP contribution in [0.1, 0.15) is 43.5 Å². The Balaban J connectivity index is 2.26. The molecule has 94 valence electrons. The first-order valence-electron chi connectivity index (χ1n) is 6.23. The van der Waals surface area contributed by atoms with Gasteiger partial charge in [-0.1, -0.05) is 32.8 Å². The second kappa shape index (κ2) is 6.94. The molecule has 3 heteroatoms. The topological polar surface area (TPSA) is 55.1 Å². The summed E-state index contributed by atoms with van der Waals surface area (Å²) in [6.45, 7) is 5.16. The van der Waals surface area contributed by atoms with E-state index in [0.29, 0.717) is 11.3 Å². The van der Waals surface area contributed by atoms with E-state index in [1.54, 1.807) is 24.3 Å². The van der Waals surface area contributed by atoms with Gasteiger partial charge in [0.25, 0.3) is 5.91 Å². The standard InChI is InChI=1S/C14H22N2O/c1-11(2)6-3-4-9-16-14(17)12-7-5-8-13(15)10-12/h5,7-8,10-11H,3-4,6,9,15H2,1-2H3,(H,16,17). The zero-order valence-electron chi connectivity index (χ0n) is 10.7. The molecule has 0 saturated carbocycles. The van der Waals surface area contributed by atoms with Crippen LogP contribution in [0.2, 0.25) is 0 Å². The van der Waals surface area contributed by atoms with Gasteiger partial charge in [-0.15, -0.1) is 0 Å². The van der Waals surface area contributed by atoms with Gasteiger partial charge in [0.15, 0.2) is 0 Å². The molecule has 1 aromatic rings. The van der Waals surface area contributed by atoms with E-state index in [9.17, 15) is 4.79 Å². The molecule has 17 heavy (non-hydrogen) atoms. The van der Waals surface area contributed by atoms with Crippen molar-refractivity contribution in [3.63, 3.8) is 0 Å². The molecule has 0 heterocycles. The van der Waals surface area contributed by atoms with Crippen molar-refractivity contribution in [2.24, 2.45) is 5.92 Å². The van der Waals surface area contributed by atoms with E-state index >= 15 is 0 Å². The Morgan fingerprint density at radius 2 is 2.12 bits per heavy atom. The maximum atomic E-state index is 11.7. The molecule has 0 aliphatic carbocycles. The minimum Gasteiger partial charge on any atom is -0.399 e. The SMILES string of the molecule is CC(C)CCCCNC(=O)c1cccc(N)c1. The van der Waals surface area contributed by atoms with Crippen LogP contribution in [0.15, 0.2) is 24.3 Å². The van der Waals surface area contributed by atoms with Crippen molar-refractivity contribution in [3.8, 4) is 0 Å². The summed E-state index contributed by atoms with van der Waals surface area (Å²) in [4.78, 5) is 11.7. The van der Waals surface area contributed by atoms with E-state index in [-0.39, 0.29) is 5.91 Å². The molecular weight excluding hydrogens is 212 g/mol. The monoisotopic (exact) mass is 234 g/mol. The zero-order chi connectivity index (χ0) is 12.7. The van der Waals surface area contributed by atoms with Crippen molar-refractivity contribution >= 4 is 11.6 Å². The molecule has 0 fully saturated rings. The number of carbonyl (C=O) groups excluding carboxylic acids is 1. The summed E-state index contributed by atoms with van der Waals surface area (Å²) >= 11 is 0. The summed E-state index contributed by atoms with van der Waals surface area (Å²) in [5.41, 5.74) is 6.88. The number of nitrogen functional groups attached to an aromatic ring is 1. The Hall–Kier alpha value is -1.51. The maximum absolute atomic E-state index is 11.7. The molecule has 0 aliphatic rings. The van der Waals surface area contributed by atoms with Gasteiger partial charge in [-0.05, 0) is 30.5 Å². The summed E-state index contributed by atoms with van der Waals surface area (Å²) < 4.78 is 0. The van der Waals surface area contributed by atoms with Crippen molar-refractivity contribution in [1.82, 2.24) is 5.32 Å². The lowest BCUT2D eigenvalue weighted by Gasteiger charge is -2.07. The Morgan fingerprint density at radius 3 is 2.76 bits per heavy atom. The number of nitrogens with two attached hydrogens (primary N) is 1. The Labute approximate surface area is 103 Å². The van der Waals surface area contributed by atoms with Gasteiger partial charge in [0.05, 0.1) is 0 Å². The molecule has 0 aliphatic heterocycles. The second-order valence-corrected chi connectivity index (χ2v) is 4.77. The molecule has 0 bridgehead atoms. The van der Waals surface area contributed by atoms with Gasteiger partial charge in [-0.25, -0.2) is 0 Å². The minimum atomic E-state index is -0.0400. The van der Waals surface area contributed by atoms with E-state index in [2.05, 4.69) is 19.2 Å². The van der Waals surface area contributed by atoms with Crippen LogP contribution in [0.25, 0.3) is 0 Å². The lowest BCUT2D eigenvalue weighted by atomic mass is 10.1. The number of unbranched alkanes of at least 4 members (excludes halogenated alkanes) is 1. The number of amides is 1. The summed E-state index contributed by atoms with van der Waals surface area (Å²) in [7, 11) is 0. The highest BCUT2D eigenvalue weighted by molar-refractivity contribution is 5.94. The van der Waals surface area contributed by atoms with Crippen LogP contribution in [0, 0.1) is 5.92 Å². The number of benzene rings is 1. The van der Waals surface area contributed by atoms with Crippen LogP contribution >= 0.6 is 0 Å². The molecule has 1 aromatic carbocycles. The van der Waals surface area contributed by atoms with Crippen molar-refractivity contribution < 1.29 is 4.79 Å². The minimum absolute atomic E-state index is 0.0400. The van der Waals surface area contributed by atoms with Crippen LogP contribution in [0.4, 0.5) is 5.69 Å².